The number of methoxy groups -OCH3 is 1. The molecule has 0 saturated heterocycles. The minimum Gasteiger partial charge on any atom is -0.464 e. The molecule has 0 aliphatic carbocycles. The smallest absolute Gasteiger partial charge is 0.353 e. The molecule has 1 aromatic heterocycles. The van der Waals surface area contributed by atoms with Crippen LogP contribution in [0.4, 0.5) is 11.4 Å². The van der Waals surface area contributed by atoms with E-state index in [-0.39, 0.29) is 48.3 Å². The molecule has 1 aliphatic rings. The van der Waals surface area contributed by atoms with Crippen molar-refractivity contribution in [1.29, 1.82) is 0 Å². The van der Waals surface area contributed by atoms with Crippen molar-refractivity contribution in [3.63, 3.8) is 0 Å². The Morgan fingerprint density at radius 2 is 1.62 bits per heavy atom. The van der Waals surface area contributed by atoms with E-state index >= 15 is 0 Å². The molecular weight excluding hydrogens is 761 g/mol. The summed E-state index contributed by atoms with van der Waals surface area (Å²) in [7, 11) is 1.13. The number of nitrogens with zero attached hydrogens (tertiary/aromatic N) is 3. The lowest BCUT2D eigenvalue weighted by Gasteiger charge is -2.33. The average molecular weight is 805 g/mol. The predicted molar refractivity (Wildman–Crippen MR) is 222 cm³/mol. The summed E-state index contributed by atoms with van der Waals surface area (Å²) in [5.41, 5.74) is 11.4. The van der Waals surface area contributed by atoms with Gasteiger partial charge in [-0.05, 0) is 48.7 Å². The molecule has 7 N–H and O–H groups in total. The number of hydrogen-bond donors (Lipinski definition) is 5. The number of anilines is 2. The lowest BCUT2D eigenvalue weighted by molar-refractivity contribution is -0.137. The van der Waals surface area contributed by atoms with Gasteiger partial charge in [-0.2, -0.15) is 0 Å². The third-order valence-electron chi connectivity index (χ3n) is 9.10. The first kappa shape index (κ1) is 42.2. The fourth-order valence-electron chi connectivity index (χ4n) is 6.11. The Morgan fingerprint density at radius 1 is 0.914 bits per heavy atom. The van der Waals surface area contributed by atoms with E-state index in [0.29, 0.717) is 51.9 Å². The summed E-state index contributed by atoms with van der Waals surface area (Å²) in [6, 6.07) is 21.8. The van der Waals surface area contributed by atoms with E-state index < -0.39 is 17.8 Å². The number of unbranched alkanes of at least 4 members (excludes halogenated alkanes) is 3. The number of hydrazine groups is 1. The zero-order valence-electron chi connectivity index (χ0n) is 31.9. The SMILES string of the molecule is C=C(NC(=O)c1csc(-c2ccc(NC(=O)CCC(=O)N3Cc4ccccc4/C(N(N)CCCCCC=O)=C(/N)c4ccccc43)cc2)n1)C(=O)NC(=C)C(=O)OC. The van der Waals surface area contributed by atoms with Crippen LogP contribution in [0.25, 0.3) is 22.0 Å². The van der Waals surface area contributed by atoms with Crippen LogP contribution in [0, 0.1) is 0 Å². The van der Waals surface area contributed by atoms with Gasteiger partial charge in [-0.3, -0.25) is 19.2 Å². The first-order valence-electron chi connectivity index (χ1n) is 18.3. The van der Waals surface area contributed by atoms with Crippen molar-refractivity contribution in [1.82, 2.24) is 20.6 Å². The second-order valence-corrected chi connectivity index (χ2v) is 14.0. The molecule has 300 valence electrons. The third kappa shape index (κ3) is 10.5. The van der Waals surface area contributed by atoms with Gasteiger partial charge in [-0.1, -0.05) is 62.0 Å². The lowest BCUT2D eigenvalue weighted by atomic mass is 9.95. The normalized spacial score (nSPS) is 13.1. The van der Waals surface area contributed by atoms with Gasteiger partial charge in [0.15, 0.2) is 0 Å². The van der Waals surface area contributed by atoms with Crippen LogP contribution in [-0.4, -0.2) is 59.5 Å². The van der Waals surface area contributed by atoms with E-state index in [1.54, 1.807) is 34.2 Å². The number of nitrogens with one attached hydrogen (secondary N) is 3. The maximum Gasteiger partial charge on any atom is 0.353 e. The Bertz CT molecular complexity index is 2270. The van der Waals surface area contributed by atoms with Crippen molar-refractivity contribution in [2.75, 3.05) is 23.9 Å². The number of benzene rings is 3. The highest BCUT2D eigenvalue weighted by Gasteiger charge is 2.28. The summed E-state index contributed by atoms with van der Waals surface area (Å²) >= 11 is 1.19. The lowest BCUT2D eigenvalue weighted by Crippen LogP contribution is -2.36. The molecule has 0 bridgehead atoms. The molecule has 5 rings (SSSR count). The van der Waals surface area contributed by atoms with Gasteiger partial charge in [0.05, 0.1) is 36.4 Å². The van der Waals surface area contributed by atoms with E-state index in [4.69, 9.17) is 11.6 Å². The van der Waals surface area contributed by atoms with Crippen LogP contribution in [0.1, 0.15) is 65.7 Å². The summed E-state index contributed by atoms with van der Waals surface area (Å²) in [5, 5.41) is 11.0. The summed E-state index contributed by atoms with van der Waals surface area (Å²) in [6.07, 6.45) is 3.68. The molecule has 0 radical (unpaired) electrons. The molecular formula is C42H44N8O7S. The van der Waals surface area contributed by atoms with Gasteiger partial charge < -0.3 is 41.1 Å². The number of nitrogens with two attached hydrogens (primary N) is 2. The van der Waals surface area contributed by atoms with E-state index in [1.165, 1.54) is 16.7 Å². The van der Waals surface area contributed by atoms with Gasteiger partial charge in [0.25, 0.3) is 11.8 Å². The quantitative estimate of drug-likeness (QED) is 0.0243. The Balaban J connectivity index is 1.21. The van der Waals surface area contributed by atoms with Gasteiger partial charge in [-0.15, -0.1) is 11.3 Å². The molecule has 4 amide bonds. The van der Waals surface area contributed by atoms with Crippen molar-refractivity contribution < 1.29 is 33.5 Å². The summed E-state index contributed by atoms with van der Waals surface area (Å²) in [4.78, 5) is 80.2. The van der Waals surface area contributed by atoms with Crippen LogP contribution in [0.2, 0.25) is 0 Å². The molecule has 0 saturated carbocycles. The maximum absolute atomic E-state index is 13.9. The summed E-state index contributed by atoms with van der Waals surface area (Å²) in [5.74, 6) is 3.64. The molecule has 0 unspecified atom stereocenters. The summed E-state index contributed by atoms with van der Waals surface area (Å²) in [6.45, 7) is 7.66. The first-order chi connectivity index (χ1) is 27.9. The molecule has 2 heterocycles. The Kier molecular flexibility index (Phi) is 14.4. The van der Waals surface area contributed by atoms with Crippen LogP contribution >= 0.6 is 11.3 Å². The van der Waals surface area contributed by atoms with Crippen LogP contribution in [0.5, 0.6) is 0 Å². The number of thiazole rings is 1. The highest BCUT2D eigenvalue weighted by Crippen LogP contribution is 2.37. The number of carbonyl (C=O) groups is 6. The van der Waals surface area contributed by atoms with Crippen molar-refractivity contribution >= 4 is 70.0 Å². The molecule has 0 fully saturated rings. The van der Waals surface area contributed by atoms with Crippen LogP contribution < -0.4 is 32.4 Å². The number of aldehydes is 1. The fraction of sp³-hybridized carbons (Fsp3) is 0.214. The zero-order valence-corrected chi connectivity index (χ0v) is 32.7. The summed E-state index contributed by atoms with van der Waals surface area (Å²) < 4.78 is 4.48. The van der Waals surface area contributed by atoms with Gasteiger partial charge in [0.2, 0.25) is 11.8 Å². The van der Waals surface area contributed by atoms with Crippen molar-refractivity contribution in [3.05, 3.63) is 125 Å². The monoisotopic (exact) mass is 804 g/mol. The topological polar surface area (TPSA) is 219 Å². The van der Waals surface area contributed by atoms with Gasteiger partial charge in [0, 0.05) is 53.6 Å². The van der Waals surface area contributed by atoms with Gasteiger partial charge >= 0.3 is 5.97 Å². The third-order valence-corrected chi connectivity index (χ3v) is 9.99. The minimum atomic E-state index is -0.846. The van der Waals surface area contributed by atoms with Crippen LogP contribution in [-0.2, 0) is 35.3 Å². The number of esters is 1. The number of aromatic nitrogens is 1. The Morgan fingerprint density at radius 3 is 2.34 bits per heavy atom. The first-order valence-corrected chi connectivity index (χ1v) is 19.2. The van der Waals surface area contributed by atoms with Crippen LogP contribution in [0.3, 0.4) is 0 Å². The van der Waals surface area contributed by atoms with Crippen LogP contribution in [0.15, 0.2) is 103 Å². The highest BCUT2D eigenvalue weighted by molar-refractivity contribution is 7.13. The van der Waals surface area contributed by atoms with Crippen molar-refractivity contribution in [3.8, 4) is 10.6 Å². The minimum absolute atomic E-state index is 0.0352. The second-order valence-electron chi connectivity index (χ2n) is 13.1. The van der Waals surface area contributed by atoms with Crippen molar-refractivity contribution in [2.45, 2.75) is 45.1 Å². The molecule has 16 heteroatoms. The molecule has 15 nitrogen and oxygen atoms in total. The Labute approximate surface area is 339 Å². The van der Waals surface area contributed by atoms with Crippen molar-refractivity contribution in [2.24, 2.45) is 11.6 Å². The number of rotatable bonds is 17. The zero-order chi connectivity index (χ0) is 41.8. The van der Waals surface area contributed by atoms with Gasteiger partial charge in [-0.25, -0.2) is 15.6 Å². The van der Waals surface area contributed by atoms with Gasteiger partial charge in [0.1, 0.15) is 22.7 Å². The van der Waals surface area contributed by atoms with E-state index in [9.17, 15) is 28.8 Å². The largest absolute Gasteiger partial charge is 0.464 e. The molecule has 0 atom stereocenters. The number of carbonyl (C=O) groups excluding carboxylic acids is 6. The number of ether oxygens (including phenoxy) is 1. The predicted octanol–water partition coefficient (Wildman–Crippen LogP) is 4.84. The van der Waals surface area contributed by atoms with E-state index in [0.717, 1.165) is 43.8 Å². The molecule has 58 heavy (non-hydrogen) atoms. The number of fused-ring (bicyclic) bond motifs is 2. The standard InChI is InChI=1S/C42H44N8O7S/c1-26(39(54)46-27(2)42(56)57-3)45-40(55)33-25-58-41(48-33)28-16-18-30(19-17-28)47-35(52)20-21-36(53)49-24-29-12-6-7-13-31(29)38(50(44)22-10-4-5-11-23-51)37(43)32-14-8-9-15-34(32)49/h6-9,12-19,23,25H,1-2,4-5,10-11,20-22,24,43-44H2,3H3,(H,45,55)(H,46,54)(H,47,52)/b38-37-. The number of amides is 4. The molecule has 1 aliphatic heterocycles. The average Bonchev–Trinajstić information content (AvgIpc) is 3.72. The second kappa shape index (κ2) is 19.8. The van der Waals surface area contributed by atoms with E-state index in [1.807, 2.05) is 48.5 Å². The highest BCUT2D eigenvalue weighted by atomic mass is 32.1. The molecule has 4 aromatic rings. The van der Waals surface area contributed by atoms with E-state index in [2.05, 4.69) is 38.8 Å². The number of hydrogen-bond acceptors (Lipinski definition) is 12. The molecule has 3 aromatic carbocycles. The number of para-hydroxylation sites is 1. The Hall–Kier alpha value is -6.91. The maximum atomic E-state index is 13.9. The fourth-order valence-corrected chi connectivity index (χ4v) is 6.92. The molecule has 0 spiro atoms.